The monoisotopic (exact) mass is 213 g/mol. The van der Waals surface area contributed by atoms with Crippen molar-refractivity contribution in [2.24, 2.45) is 0 Å². The summed E-state index contributed by atoms with van der Waals surface area (Å²) in [7, 11) is 0. The maximum atomic E-state index is 9.99. The van der Waals surface area contributed by atoms with Gasteiger partial charge in [-0.3, -0.25) is 0 Å². The quantitative estimate of drug-likeness (QED) is 0.752. The average Bonchev–Trinajstić information content (AvgIpc) is 1.99. The predicted molar refractivity (Wildman–Crippen MR) is 65.0 cm³/mol. The first-order valence-electron chi connectivity index (χ1n) is 6.40. The van der Waals surface area contributed by atoms with Gasteiger partial charge in [0.2, 0.25) is 0 Å². The Balaban J connectivity index is 2.76. The van der Waals surface area contributed by atoms with E-state index in [1.807, 2.05) is 0 Å². The Hall–Kier alpha value is -0.0800. The molecule has 0 aromatic rings. The Kier molecular flexibility index (Phi) is 4.19. The second kappa shape index (κ2) is 4.84. The molecule has 1 unspecified atom stereocenters. The number of hydrogen-bond acceptors (Lipinski definition) is 2. The van der Waals surface area contributed by atoms with Crippen molar-refractivity contribution in [3.05, 3.63) is 0 Å². The molecule has 0 spiro atoms. The SMILES string of the molecule is CCCC1(CCC)CC(O)CC(C)(C)N1. The van der Waals surface area contributed by atoms with E-state index in [-0.39, 0.29) is 17.2 Å². The van der Waals surface area contributed by atoms with E-state index < -0.39 is 0 Å². The summed E-state index contributed by atoms with van der Waals surface area (Å²) in [6, 6.07) is 0. The largest absolute Gasteiger partial charge is 0.393 e. The van der Waals surface area contributed by atoms with E-state index in [4.69, 9.17) is 0 Å². The van der Waals surface area contributed by atoms with Gasteiger partial charge in [-0.25, -0.2) is 0 Å². The summed E-state index contributed by atoms with van der Waals surface area (Å²) in [6.45, 7) is 8.87. The summed E-state index contributed by atoms with van der Waals surface area (Å²) in [5.74, 6) is 0. The molecular formula is C13H27NO. The maximum absolute atomic E-state index is 9.99. The Morgan fingerprint density at radius 3 is 2.07 bits per heavy atom. The minimum absolute atomic E-state index is 0.0853. The molecule has 2 N–H and O–H groups in total. The topological polar surface area (TPSA) is 32.3 Å². The molecule has 1 heterocycles. The van der Waals surface area contributed by atoms with Crippen LogP contribution in [0.2, 0.25) is 0 Å². The molecule has 0 aromatic carbocycles. The van der Waals surface area contributed by atoms with Crippen LogP contribution in [0.15, 0.2) is 0 Å². The first kappa shape index (κ1) is 13.0. The molecule has 1 atom stereocenters. The van der Waals surface area contributed by atoms with Crippen LogP contribution >= 0.6 is 0 Å². The number of aliphatic hydroxyl groups excluding tert-OH is 1. The molecule has 0 saturated carbocycles. The van der Waals surface area contributed by atoms with Crippen LogP contribution in [0.5, 0.6) is 0 Å². The number of aliphatic hydroxyl groups is 1. The highest BCUT2D eigenvalue weighted by atomic mass is 16.3. The number of hydrogen-bond donors (Lipinski definition) is 2. The molecule has 0 aromatic heterocycles. The van der Waals surface area contributed by atoms with Crippen molar-refractivity contribution < 1.29 is 5.11 Å². The van der Waals surface area contributed by atoms with E-state index in [0.717, 1.165) is 12.8 Å². The smallest absolute Gasteiger partial charge is 0.0575 e. The van der Waals surface area contributed by atoms with E-state index in [1.165, 1.54) is 25.7 Å². The molecule has 2 nitrogen and oxygen atoms in total. The molecule has 0 amide bonds. The molecular weight excluding hydrogens is 186 g/mol. The fourth-order valence-electron chi connectivity index (χ4n) is 3.34. The van der Waals surface area contributed by atoms with E-state index in [0.29, 0.717) is 0 Å². The van der Waals surface area contributed by atoms with Crippen molar-refractivity contribution in [3.8, 4) is 0 Å². The molecule has 1 aliphatic rings. The van der Waals surface area contributed by atoms with Gasteiger partial charge in [0.15, 0.2) is 0 Å². The van der Waals surface area contributed by atoms with Crippen molar-refractivity contribution in [2.75, 3.05) is 0 Å². The fraction of sp³-hybridized carbons (Fsp3) is 1.00. The summed E-state index contributed by atoms with van der Waals surface area (Å²) >= 11 is 0. The molecule has 0 aliphatic carbocycles. The first-order valence-corrected chi connectivity index (χ1v) is 6.40. The third-order valence-electron chi connectivity index (χ3n) is 3.43. The normalized spacial score (nSPS) is 29.0. The van der Waals surface area contributed by atoms with Crippen LogP contribution in [0.25, 0.3) is 0 Å². The zero-order valence-corrected chi connectivity index (χ0v) is 10.8. The van der Waals surface area contributed by atoms with Crippen LogP contribution in [0, 0.1) is 0 Å². The van der Waals surface area contributed by atoms with Crippen LogP contribution in [0.1, 0.15) is 66.2 Å². The first-order chi connectivity index (χ1) is 6.93. The van der Waals surface area contributed by atoms with Gasteiger partial charge >= 0.3 is 0 Å². The van der Waals surface area contributed by atoms with Crippen molar-refractivity contribution in [1.82, 2.24) is 5.32 Å². The van der Waals surface area contributed by atoms with Gasteiger partial charge in [0, 0.05) is 11.1 Å². The minimum Gasteiger partial charge on any atom is -0.393 e. The van der Waals surface area contributed by atoms with Gasteiger partial charge < -0.3 is 10.4 Å². The van der Waals surface area contributed by atoms with Gasteiger partial charge in [0.25, 0.3) is 0 Å². The molecule has 1 saturated heterocycles. The van der Waals surface area contributed by atoms with Gasteiger partial charge in [0.05, 0.1) is 6.10 Å². The summed E-state index contributed by atoms with van der Waals surface area (Å²) in [4.78, 5) is 0. The standard InChI is InChI=1S/C13H27NO/c1-5-7-13(8-6-2)10-11(15)9-12(3,4)14-13/h11,14-15H,5-10H2,1-4H3. The van der Waals surface area contributed by atoms with Gasteiger partial charge in [-0.15, -0.1) is 0 Å². The van der Waals surface area contributed by atoms with Crippen LogP contribution in [-0.4, -0.2) is 22.3 Å². The second-order valence-electron chi connectivity index (χ2n) is 5.85. The van der Waals surface area contributed by atoms with Gasteiger partial charge in [-0.1, -0.05) is 26.7 Å². The molecule has 1 rings (SSSR count). The Morgan fingerprint density at radius 1 is 1.13 bits per heavy atom. The third kappa shape index (κ3) is 3.46. The lowest BCUT2D eigenvalue weighted by Crippen LogP contribution is -2.62. The van der Waals surface area contributed by atoms with E-state index in [9.17, 15) is 5.11 Å². The lowest BCUT2D eigenvalue weighted by molar-refractivity contribution is 0.0175. The average molecular weight is 213 g/mol. The minimum atomic E-state index is -0.126. The summed E-state index contributed by atoms with van der Waals surface area (Å²) in [5, 5.41) is 13.8. The van der Waals surface area contributed by atoms with Crippen molar-refractivity contribution in [2.45, 2.75) is 83.4 Å². The number of piperidine rings is 1. The van der Waals surface area contributed by atoms with Crippen molar-refractivity contribution >= 4 is 0 Å². The Labute approximate surface area is 94.5 Å². The zero-order chi connectivity index (χ0) is 11.5. The van der Waals surface area contributed by atoms with Crippen molar-refractivity contribution in [3.63, 3.8) is 0 Å². The van der Waals surface area contributed by atoms with Gasteiger partial charge in [-0.2, -0.15) is 0 Å². The lowest BCUT2D eigenvalue weighted by Gasteiger charge is -2.49. The molecule has 1 fully saturated rings. The van der Waals surface area contributed by atoms with E-state index in [1.54, 1.807) is 0 Å². The molecule has 1 aliphatic heterocycles. The number of rotatable bonds is 4. The van der Waals surface area contributed by atoms with Crippen LogP contribution in [0.4, 0.5) is 0 Å². The third-order valence-corrected chi connectivity index (χ3v) is 3.43. The Morgan fingerprint density at radius 2 is 1.67 bits per heavy atom. The fourth-order valence-corrected chi connectivity index (χ4v) is 3.34. The molecule has 0 radical (unpaired) electrons. The highest BCUT2D eigenvalue weighted by Crippen LogP contribution is 2.35. The molecule has 2 heteroatoms. The van der Waals surface area contributed by atoms with Crippen molar-refractivity contribution in [1.29, 1.82) is 0 Å². The lowest BCUT2D eigenvalue weighted by atomic mass is 9.74. The van der Waals surface area contributed by atoms with Crippen LogP contribution in [0.3, 0.4) is 0 Å². The zero-order valence-electron chi connectivity index (χ0n) is 10.8. The van der Waals surface area contributed by atoms with Crippen LogP contribution < -0.4 is 5.32 Å². The summed E-state index contributed by atoms with van der Waals surface area (Å²) in [5.41, 5.74) is 0.271. The van der Waals surface area contributed by atoms with E-state index >= 15 is 0 Å². The Bertz CT molecular complexity index is 195. The highest BCUT2D eigenvalue weighted by Gasteiger charge is 2.41. The highest BCUT2D eigenvalue weighted by molar-refractivity contribution is 5.01. The summed E-state index contributed by atoms with van der Waals surface area (Å²) in [6.07, 6.45) is 6.42. The second-order valence-corrected chi connectivity index (χ2v) is 5.85. The molecule has 90 valence electrons. The summed E-state index contributed by atoms with van der Waals surface area (Å²) < 4.78 is 0. The predicted octanol–water partition coefficient (Wildman–Crippen LogP) is 2.85. The van der Waals surface area contributed by atoms with Crippen LogP contribution in [-0.2, 0) is 0 Å². The van der Waals surface area contributed by atoms with Gasteiger partial charge in [0.1, 0.15) is 0 Å². The number of nitrogens with one attached hydrogen (secondary N) is 1. The molecule has 0 bridgehead atoms. The van der Waals surface area contributed by atoms with Gasteiger partial charge in [-0.05, 0) is 39.5 Å². The van der Waals surface area contributed by atoms with E-state index in [2.05, 4.69) is 33.0 Å². The maximum Gasteiger partial charge on any atom is 0.0575 e. The molecule has 15 heavy (non-hydrogen) atoms.